The number of ether oxygens (including phenoxy) is 2. The zero-order valence-corrected chi connectivity index (χ0v) is 11.1. The highest BCUT2D eigenvalue weighted by Crippen LogP contribution is 2.18. The minimum atomic E-state index is 0.204. The molecule has 0 aliphatic heterocycles. The Hall–Kier alpha value is -1.87. The molecule has 0 unspecified atom stereocenters. The number of hydrogen-bond donors (Lipinski definition) is 1. The summed E-state index contributed by atoms with van der Waals surface area (Å²) in [6.07, 6.45) is 0.762. The van der Waals surface area contributed by atoms with Gasteiger partial charge < -0.3 is 14.6 Å². The van der Waals surface area contributed by atoms with Gasteiger partial charge in [-0.2, -0.15) is 0 Å². The smallest absolute Gasteiger partial charge is 0.122 e. The first kappa shape index (κ1) is 13.6. The van der Waals surface area contributed by atoms with Crippen LogP contribution in [0.2, 0.25) is 5.02 Å². The van der Waals surface area contributed by atoms with E-state index in [4.69, 9.17) is 21.1 Å². The second-order valence-corrected chi connectivity index (χ2v) is 4.44. The van der Waals surface area contributed by atoms with Crippen molar-refractivity contribution in [2.75, 3.05) is 13.2 Å². The van der Waals surface area contributed by atoms with E-state index in [1.54, 1.807) is 36.4 Å². The van der Waals surface area contributed by atoms with E-state index in [2.05, 4.69) is 0 Å². The van der Waals surface area contributed by atoms with Gasteiger partial charge in [0.2, 0.25) is 0 Å². The molecule has 0 aliphatic carbocycles. The van der Waals surface area contributed by atoms with Crippen LogP contribution in [-0.4, -0.2) is 18.3 Å². The molecule has 0 saturated carbocycles. The Kier molecular flexibility index (Phi) is 4.93. The quantitative estimate of drug-likeness (QED) is 0.815. The molecule has 100 valence electrons. The van der Waals surface area contributed by atoms with Gasteiger partial charge in [-0.05, 0) is 36.4 Å². The predicted octanol–water partition coefficient (Wildman–Crippen LogP) is 3.89. The molecule has 0 bridgehead atoms. The van der Waals surface area contributed by atoms with Crippen molar-refractivity contribution in [1.29, 1.82) is 0 Å². The first-order chi connectivity index (χ1) is 9.24. The maximum absolute atomic E-state index is 9.27. The van der Waals surface area contributed by atoms with Crippen LogP contribution in [0.5, 0.6) is 17.2 Å². The Morgan fingerprint density at radius 2 is 1.58 bits per heavy atom. The van der Waals surface area contributed by atoms with Crippen LogP contribution in [0.4, 0.5) is 0 Å². The molecule has 0 atom stereocenters. The molecule has 0 fully saturated rings. The van der Waals surface area contributed by atoms with E-state index in [0.717, 1.165) is 12.2 Å². The number of aromatic hydroxyl groups is 1. The summed E-state index contributed by atoms with van der Waals surface area (Å²) < 4.78 is 11.0. The molecule has 0 radical (unpaired) electrons. The summed E-state index contributed by atoms with van der Waals surface area (Å²) >= 11 is 5.78. The normalized spacial score (nSPS) is 10.2. The van der Waals surface area contributed by atoms with Gasteiger partial charge in [-0.25, -0.2) is 0 Å². The summed E-state index contributed by atoms with van der Waals surface area (Å²) in [6, 6.07) is 14.0. The molecule has 0 spiro atoms. The zero-order chi connectivity index (χ0) is 13.5. The van der Waals surface area contributed by atoms with E-state index in [-0.39, 0.29) is 5.75 Å². The van der Waals surface area contributed by atoms with Crippen molar-refractivity contribution in [1.82, 2.24) is 0 Å². The van der Waals surface area contributed by atoms with Crippen molar-refractivity contribution in [2.24, 2.45) is 0 Å². The second kappa shape index (κ2) is 6.90. The third-order valence-corrected chi connectivity index (χ3v) is 2.71. The number of benzene rings is 2. The summed E-state index contributed by atoms with van der Waals surface area (Å²) in [6.45, 7) is 1.11. The summed E-state index contributed by atoms with van der Waals surface area (Å²) in [5.74, 6) is 1.66. The maximum atomic E-state index is 9.27. The minimum absolute atomic E-state index is 0.204. The van der Waals surface area contributed by atoms with Crippen LogP contribution < -0.4 is 9.47 Å². The van der Waals surface area contributed by atoms with Crippen LogP contribution in [0.3, 0.4) is 0 Å². The molecular formula is C15H15ClO3. The lowest BCUT2D eigenvalue weighted by Crippen LogP contribution is -2.04. The van der Waals surface area contributed by atoms with Crippen molar-refractivity contribution in [3.8, 4) is 17.2 Å². The lowest BCUT2D eigenvalue weighted by Gasteiger charge is -2.08. The minimum Gasteiger partial charge on any atom is -0.508 e. The molecule has 0 aliphatic rings. The Morgan fingerprint density at radius 3 is 2.26 bits per heavy atom. The Labute approximate surface area is 117 Å². The van der Waals surface area contributed by atoms with Gasteiger partial charge in [-0.1, -0.05) is 17.7 Å². The van der Waals surface area contributed by atoms with E-state index in [1.807, 2.05) is 12.1 Å². The molecule has 2 rings (SSSR count). The lowest BCUT2D eigenvalue weighted by molar-refractivity contribution is 0.247. The summed E-state index contributed by atoms with van der Waals surface area (Å²) in [7, 11) is 0. The molecular weight excluding hydrogens is 264 g/mol. The second-order valence-electron chi connectivity index (χ2n) is 4.00. The fraction of sp³-hybridized carbons (Fsp3) is 0.200. The topological polar surface area (TPSA) is 38.7 Å². The van der Waals surface area contributed by atoms with Gasteiger partial charge in [0, 0.05) is 17.5 Å². The van der Waals surface area contributed by atoms with Crippen LogP contribution in [-0.2, 0) is 0 Å². The highest BCUT2D eigenvalue weighted by molar-refractivity contribution is 6.30. The van der Waals surface area contributed by atoms with E-state index < -0.39 is 0 Å². The highest BCUT2D eigenvalue weighted by atomic mass is 35.5. The van der Waals surface area contributed by atoms with Gasteiger partial charge in [0.05, 0.1) is 13.2 Å². The monoisotopic (exact) mass is 278 g/mol. The lowest BCUT2D eigenvalue weighted by atomic mass is 10.3. The molecule has 2 aromatic rings. The molecule has 4 heteroatoms. The molecule has 0 amide bonds. The zero-order valence-electron chi connectivity index (χ0n) is 10.4. The number of halogens is 1. The molecule has 3 nitrogen and oxygen atoms in total. The molecule has 2 aromatic carbocycles. The van der Waals surface area contributed by atoms with Gasteiger partial charge in [-0.15, -0.1) is 0 Å². The maximum Gasteiger partial charge on any atom is 0.122 e. The van der Waals surface area contributed by atoms with Crippen LogP contribution in [0.1, 0.15) is 6.42 Å². The van der Waals surface area contributed by atoms with Gasteiger partial charge >= 0.3 is 0 Å². The number of phenolic OH excluding ortho intramolecular Hbond substituents is 1. The van der Waals surface area contributed by atoms with Crippen LogP contribution >= 0.6 is 11.6 Å². The van der Waals surface area contributed by atoms with Crippen molar-refractivity contribution in [2.45, 2.75) is 6.42 Å². The van der Waals surface area contributed by atoms with Gasteiger partial charge in [0.1, 0.15) is 17.2 Å². The Morgan fingerprint density at radius 1 is 0.895 bits per heavy atom. The van der Waals surface area contributed by atoms with E-state index in [9.17, 15) is 5.11 Å². The van der Waals surface area contributed by atoms with Crippen LogP contribution in [0.15, 0.2) is 48.5 Å². The molecule has 0 heterocycles. The molecule has 19 heavy (non-hydrogen) atoms. The van der Waals surface area contributed by atoms with Crippen LogP contribution in [0.25, 0.3) is 0 Å². The van der Waals surface area contributed by atoms with Gasteiger partial charge in [0.15, 0.2) is 0 Å². The first-order valence-corrected chi connectivity index (χ1v) is 6.42. The van der Waals surface area contributed by atoms with Crippen molar-refractivity contribution in [3.05, 3.63) is 53.6 Å². The third kappa shape index (κ3) is 4.72. The predicted molar refractivity (Wildman–Crippen MR) is 75.2 cm³/mol. The summed E-state index contributed by atoms with van der Waals surface area (Å²) in [4.78, 5) is 0. The Bertz CT molecular complexity index is 511. The SMILES string of the molecule is Oc1cccc(OCCCOc2ccc(Cl)cc2)c1. The first-order valence-electron chi connectivity index (χ1n) is 6.04. The fourth-order valence-electron chi connectivity index (χ4n) is 1.54. The number of rotatable bonds is 6. The van der Waals surface area contributed by atoms with E-state index >= 15 is 0 Å². The molecule has 0 aromatic heterocycles. The Balaban J connectivity index is 1.66. The average molecular weight is 279 g/mol. The van der Waals surface area contributed by atoms with E-state index in [0.29, 0.717) is 24.0 Å². The fourth-order valence-corrected chi connectivity index (χ4v) is 1.67. The standard InChI is InChI=1S/C15H15ClO3/c16-12-5-7-14(8-6-12)18-9-2-10-19-15-4-1-3-13(17)11-15/h1,3-8,11,17H,2,9-10H2. The summed E-state index contributed by atoms with van der Waals surface area (Å²) in [5.41, 5.74) is 0. The third-order valence-electron chi connectivity index (χ3n) is 2.46. The highest BCUT2D eigenvalue weighted by Gasteiger charge is 1.97. The van der Waals surface area contributed by atoms with E-state index in [1.165, 1.54) is 0 Å². The average Bonchev–Trinajstić information content (AvgIpc) is 2.41. The van der Waals surface area contributed by atoms with Crippen molar-refractivity contribution in [3.63, 3.8) is 0 Å². The van der Waals surface area contributed by atoms with Crippen molar-refractivity contribution < 1.29 is 14.6 Å². The van der Waals surface area contributed by atoms with Gasteiger partial charge in [-0.3, -0.25) is 0 Å². The summed E-state index contributed by atoms with van der Waals surface area (Å²) in [5, 5.41) is 9.97. The van der Waals surface area contributed by atoms with Crippen molar-refractivity contribution >= 4 is 11.6 Å². The number of hydrogen-bond acceptors (Lipinski definition) is 3. The molecule has 1 N–H and O–H groups in total. The van der Waals surface area contributed by atoms with Gasteiger partial charge in [0.25, 0.3) is 0 Å². The number of phenols is 1. The largest absolute Gasteiger partial charge is 0.508 e. The molecule has 0 saturated heterocycles. The van der Waals surface area contributed by atoms with Crippen LogP contribution in [0, 0.1) is 0 Å².